The number of anilines is 3. The molecule has 55 heavy (non-hydrogen) atoms. The smallest absolute Gasteiger partial charge is 0.0718 e. The van der Waals surface area contributed by atoms with Crippen molar-refractivity contribution in [3.05, 3.63) is 200 Å². The summed E-state index contributed by atoms with van der Waals surface area (Å²) in [6, 6.07) is 73.5. The first-order chi connectivity index (χ1) is 27.3. The van der Waals surface area contributed by atoms with Gasteiger partial charge >= 0.3 is 0 Å². The summed E-state index contributed by atoms with van der Waals surface area (Å²) >= 11 is 3.75. The lowest BCUT2D eigenvalue weighted by molar-refractivity contribution is 1.31. The Kier molecular flexibility index (Phi) is 7.61. The van der Waals surface area contributed by atoms with Crippen molar-refractivity contribution < 1.29 is 0 Å². The molecule has 1 nitrogen and oxygen atoms in total. The molecule has 0 amide bonds. The summed E-state index contributed by atoms with van der Waals surface area (Å²) in [6.07, 6.45) is 0. The van der Waals surface area contributed by atoms with Crippen LogP contribution in [0.25, 0.3) is 84.5 Å². The molecule has 0 fully saturated rings. The summed E-state index contributed by atoms with van der Waals surface area (Å²) in [5.41, 5.74) is 10.7. The van der Waals surface area contributed by atoms with Crippen LogP contribution in [0.15, 0.2) is 200 Å². The molecule has 11 rings (SSSR count). The summed E-state index contributed by atoms with van der Waals surface area (Å²) in [4.78, 5) is 2.52. The molecule has 0 aliphatic carbocycles. The molecular weight excluding hydrogens is 703 g/mol. The second kappa shape index (κ2) is 13.1. The minimum atomic E-state index is 1.12. The van der Waals surface area contributed by atoms with Crippen molar-refractivity contribution in [1.29, 1.82) is 0 Å². The van der Waals surface area contributed by atoms with Gasteiger partial charge in [0.2, 0.25) is 0 Å². The quantitative estimate of drug-likeness (QED) is 0.164. The zero-order chi connectivity index (χ0) is 36.3. The molecule has 0 N–H and O–H groups in total. The number of thiophene rings is 2. The molecule has 0 saturated heterocycles. The van der Waals surface area contributed by atoms with Crippen molar-refractivity contribution >= 4 is 90.9 Å². The minimum Gasteiger partial charge on any atom is -0.308 e. The van der Waals surface area contributed by atoms with Gasteiger partial charge in [0.1, 0.15) is 0 Å². The molecule has 0 spiro atoms. The van der Waals surface area contributed by atoms with E-state index in [2.05, 4.69) is 205 Å². The van der Waals surface area contributed by atoms with E-state index in [4.69, 9.17) is 0 Å². The number of hydrogen-bond donors (Lipinski definition) is 0. The standard InChI is InChI=1S/C52H33NS2/c1-2-13-36(14-3-1)41-16-6-7-17-42(41)45-29-30-46-43-18-8-11-21-49(43)55-52(46)51(45)53(40-28-31-50-47(33-40)44-19-9-10-20-48(44)54-50)39-26-24-35(25-27-39)38-23-22-34-12-4-5-15-37(34)32-38/h1-33H. The van der Waals surface area contributed by atoms with E-state index in [0.717, 1.165) is 11.4 Å². The number of fused-ring (bicyclic) bond motifs is 7. The predicted molar refractivity (Wildman–Crippen MR) is 241 cm³/mol. The van der Waals surface area contributed by atoms with Crippen LogP contribution in [0, 0.1) is 0 Å². The van der Waals surface area contributed by atoms with Crippen LogP contribution in [0.4, 0.5) is 17.1 Å². The molecule has 0 unspecified atom stereocenters. The van der Waals surface area contributed by atoms with E-state index < -0.39 is 0 Å². The van der Waals surface area contributed by atoms with Crippen LogP contribution < -0.4 is 4.90 Å². The van der Waals surface area contributed by atoms with Gasteiger partial charge < -0.3 is 4.90 Å². The van der Waals surface area contributed by atoms with E-state index in [9.17, 15) is 0 Å². The molecule has 0 aliphatic rings. The Labute approximate surface area is 327 Å². The number of hydrogen-bond acceptors (Lipinski definition) is 3. The molecule has 2 aromatic heterocycles. The van der Waals surface area contributed by atoms with Gasteiger partial charge in [0.15, 0.2) is 0 Å². The highest BCUT2D eigenvalue weighted by Gasteiger charge is 2.24. The fourth-order valence-electron chi connectivity index (χ4n) is 8.23. The summed E-state index contributed by atoms with van der Waals surface area (Å²) in [7, 11) is 0. The zero-order valence-corrected chi connectivity index (χ0v) is 31.4. The first-order valence-corrected chi connectivity index (χ1v) is 20.3. The van der Waals surface area contributed by atoms with E-state index in [1.54, 1.807) is 0 Å². The second-order valence-electron chi connectivity index (χ2n) is 14.1. The van der Waals surface area contributed by atoms with Gasteiger partial charge in [0.05, 0.1) is 10.4 Å². The Balaban J connectivity index is 1.20. The van der Waals surface area contributed by atoms with E-state index in [1.165, 1.54) is 90.2 Å². The Morgan fingerprint density at radius 1 is 0.309 bits per heavy atom. The largest absolute Gasteiger partial charge is 0.308 e. The molecule has 0 saturated carbocycles. The molecule has 0 bridgehead atoms. The minimum absolute atomic E-state index is 1.12. The van der Waals surface area contributed by atoms with Crippen molar-refractivity contribution in [2.24, 2.45) is 0 Å². The number of nitrogens with zero attached hydrogens (tertiary/aromatic N) is 1. The SMILES string of the molecule is c1ccc(-c2ccccc2-c2ccc3c(sc4ccccc43)c2N(c2ccc(-c3ccc4ccccc4c3)cc2)c2ccc3sc4ccccc4c3c2)cc1. The first-order valence-electron chi connectivity index (χ1n) is 18.7. The molecule has 2 heterocycles. The fraction of sp³-hybridized carbons (Fsp3) is 0. The lowest BCUT2D eigenvalue weighted by Crippen LogP contribution is -2.11. The van der Waals surface area contributed by atoms with Crippen LogP contribution in [0.5, 0.6) is 0 Å². The second-order valence-corrected chi connectivity index (χ2v) is 16.2. The first kappa shape index (κ1) is 32.0. The maximum Gasteiger partial charge on any atom is 0.0718 e. The van der Waals surface area contributed by atoms with Gasteiger partial charge in [-0.25, -0.2) is 0 Å². The fourth-order valence-corrected chi connectivity index (χ4v) is 10.6. The van der Waals surface area contributed by atoms with Gasteiger partial charge in [-0.15, -0.1) is 22.7 Å². The van der Waals surface area contributed by atoms with E-state index in [-0.39, 0.29) is 0 Å². The van der Waals surface area contributed by atoms with E-state index >= 15 is 0 Å². The Bertz CT molecular complexity index is 3210. The third-order valence-electron chi connectivity index (χ3n) is 10.9. The topological polar surface area (TPSA) is 3.24 Å². The lowest BCUT2D eigenvalue weighted by Gasteiger charge is -2.29. The molecular formula is C52H33NS2. The molecule has 0 atom stereocenters. The highest BCUT2D eigenvalue weighted by Crippen LogP contribution is 2.51. The Morgan fingerprint density at radius 2 is 0.927 bits per heavy atom. The zero-order valence-electron chi connectivity index (χ0n) is 29.8. The Morgan fingerprint density at radius 3 is 1.75 bits per heavy atom. The summed E-state index contributed by atoms with van der Waals surface area (Å²) in [6.45, 7) is 0. The van der Waals surface area contributed by atoms with Gasteiger partial charge in [-0.2, -0.15) is 0 Å². The van der Waals surface area contributed by atoms with Crippen molar-refractivity contribution in [2.45, 2.75) is 0 Å². The average molecular weight is 736 g/mol. The van der Waals surface area contributed by atoms with Crippen LogP contribution in [0.3, 0.4) is 0 Å². The third kappa shape index (κ3) is 5.43. The van der Waals surface area contributed by atoms with Crippen LogP contribution in [0.1, 0.15) is 0 Å². The van der Waals surface area contributed by atoms with E-state index in [1.807, 2.05) is 22.7 Å². The molecule has 0 radical (unpaired) electrons. The highest BCUT2D eigenvalue weighted by molar-refractivity contribution is 7.26. The molecule has 3 heteroatoms. The van der Waals surface area contributed by atoms with Gasteiger partial charge in [-0.1, -0.05) is 152 Å². The van der Waals surface area contributed by atoms with Gasteiger partial charge in [0.25, 0.3) is 0 Å². The number of rotatable bonds is 6. The van der Waals surface area contributed by atoms with Gasteiger partial charge in [-0.05, 0) is 87.1 Å². The highest BCUT2D eigenvalue weighted by atomic mass is 32.1. The van der Waals surface area contributed by atoms with Crippen molar-refractivity contribution in [3.8, 4) is 33.4 Å². The van der Waals surface area contributed by atoms with Gasteiger partial charge in [-0.3, -0.25) is 0 Å². The maximum absolute atomic E-state index is 2.52. The number of benzene rings is 9. The van der Waals surface area contributed by atoms with Crippen LogP contribution in [-0.2, 0) is 0 Å². The Hall–Kier alpha value is -6.52. The average Bonchev–Trinajstić information content (AvgIpc) is 3.83. The van der Waals surface area contributed by atoms with Gasteiger partial charge in [0, 0.05) is 52.6 Å². The van der Waals surface area contributed by atoms with Crippen molar-refractivity contribution in [1.82, 2.24) is 0 Å². The maximum atomic E-state index is 2.52. The van der Waals surface area contributed by atoms with E-state index in [0.29, 0.717) is 0 Å². The van der Waals surface area contributed by atoms with Crippen molar-refractivity contribution in [2.75, 3.05) is 4.90 Å². The summed E-state index contributed by atoms with van der Waals surface area (Å²) < 4.78 is 5.17. The monoisotopic (exact) mass is 735 g/mol. The van der Waals surface area contributed by atoms with Crippen molar-refractivity contribution in [3.63, 3.8) is 0 Å². The lowest BCUT2D eigenvalue weighted by atomic mass is 9.92. The molecule has 9 aromatic carbocycles. The van der Waals surface area contributed by atoms with Crippen LogP contribution in [-0.4, -0.2) is 0 Å². The van der Waals surface area contributed by atoms with Crippen LogP contribution >= 0.6 is 22.7 Å². The summed E-state index contributed by atoms with van der Waals surface area (Å²) in [5, 5.41) is 7.65. The van der Waals surface area contributed by atoms with Crippen LogP contribution in [0.2, 0.25) is 0 Å². The normalized spacial score (nSPS) is 11.6. The summed E-state index contributed by atoms with van der Waals surface area (Å²) in [5.74, 6) is 0. The molecule has 0 aliphatic heterocycles. The molecule has 258 valence electrons. The molecule has 11 aromatic rings. The third-order valence-corrected chi connectivity index (χ3v) is 13.2. The predicted octanol–water partition coefficient (Wildman–Crippen LogP) is 16.0.